The minimum Gasteiger partial charge on any atom is -0.394 e. The van der Waals surface area contributed by atoms with E-state index in [-0.39, 0.29) is 24.5 Å². The van der Waals surface area contributed by atoms with Crippen molar-refractivity contribution in [3.63, 3.8) is 0 Å². The second kappa shape index (κ2) is 7.35. The lowest BCUT2D eigenvalue weighted by atomic mass is 10.2. The van der Waals surface area contributed by atoms with Crippen LogP contribution in [0.4, 0.5) is 29.0 Å². The fraction of sp³-hybridized carbons (Fsp3) is 0.353. The van der Waals surface area contributed by atoms with Crippen molar-refractivity contribution in [2.45, 2.75) is 25.8 Å². The highest BCUT2D eigenvalue weighted by atomic mass is 16.3. The smallest absolute Gasteiger partial charge is 0.223 e. The van der Waals surface area contributed by atoms with E-state index in [4.69, 9.17) is 5.73 Å². The van der Waals surface area contributed by atoms with Crippen LogP contribution in [0, 0.1) is 0 Å². The van der Waals surface area contributed by atoms with Crippen LogP contribution in [0.2, 0.25) is 0 Å². The third-order valence-corrected chi connectivity index (χ3v) is 4.09. The molecule has 8 heteroatoms. The van der Waals surface area contributed by atoms with Crippen LogP contribution >= 0.6 is 0 Å². The molecular formula is C17H22N6O2. The summed E-state index contributed by atoms with van der Waals surface area (Å²) in [6.07, 6.45) is 1.95. The van der Waals surface area contributed by atoms with Crippen LogP contribution in [-0.2, 0) is 4.79 Å². The number of aromatic nitrogens is 2. The fourth-order valence-electron chi connectivity index (χ4n) is 2.98. The number of nitrogens with two attached hydrogens (primary N) is 1. The number of aliphatic hydroxyl groups excluding tert-OH is 1. The van der Waals surface area contributed by atoms with Crippen molar-refractivity contribution in [3.8, 4) is 0 Å². The van der Waals surface area contributed by atoms with Gasteiger partial charge in [-0.2, -0.15) is 9.97 Å². The van der Waals surface area contributed by atoms with Crippen molar-refractivity contribution >= 4 is 34.9 Å². The van der Waals surface area contributed by atoms with Crippen LogP contribution in [0.5, 0.6) is 0 Å². The number of hydrogen-bond acceptors (Lipinski definition) is 7. The average Bonchev–Trinajstić information content (AvgIpc) is 3.04. The molecular weight excluding hydrogens is 320 g/mol. The summed E-state index contributed by atoms with van der Waals surface area (Å²) in [5.74, 6) is 1.36. The van der Waals surface area contributed by atoms with Gasteiger partial charge in [0.1, 0.15) is 11.6 Å². The zero-order valence-electron chi connectivity index (χ0n) is 14.1. The van der Waals surface area contributed by atoms with Crippen molar-refractivity contribution < 1.29 is 9.90 Å². The molecule has 132 valence electrons. The molecule has 0 aliphatic carbocycles. The van der Waals surface area contributed by atoms with Gasteiger partial charge in [-0.15, -0.1) is 0 Å². The first kappa shape index (κ1) is 17.0. The van der Waals surface area contributed by atoms with Crippen LogP contribution in [-0.4, -0.2) is 40.2 Å². The fourth-order valence-corrected chi connectivity index (χ4v) is 2.98. The summed E-state index contributed by atoms with van der Waals surface area (Å²) >= 11 is 0. The molecule has 0 spiro atoms. The lowest BCUT2D eigenvalue weighted by Crippen LogP contribution is -2.33. The van der Waals surface area contributed by atoms with E-state index in [1.807, 2.05) is 18.2 Å². The number of nitrogen functional groups attached to an aromatic ring is 1. The SMILES string of the molecule is CC(=O)Nc1ccc(Nc2cc(N3CCCC3CO)nc(N)n2)cc1. The van der Waals surface area contributed by atoms with E-state index in [2.05, 4.69) is 25.5 Å². The van der Waals surface area contributed by atoms with E-state index in [0.717, 1.165) is 30.8 Å². The van der Waals surface area contributed by atoms with E-state index in [9.17, 15) is 9.90 Å². The van der Waals surface area contributed by atoms with Gasteiger partial charge in [0, 0.05) is 30.9 Å². The van der Waals surface area contributed by atoms with Gasteiger partial charge >= 0.3 is 0 Å². The Morgan fingerprint density at radius 2 is 2.04 bits per heavy atom. The Labute approximate surface area is 146 Å². The van der Waals surface area contributed by atoms with Crippen LogP contribution in [0.25, 0.3) is 0 Å². The number of amides is 1. The Bertz CT molecular complexity index is 749. The Morgan fingerprint density at radius 1 is 1.32 bits per heavy atom. The predicted octanol–water partition coefficient (Wildman–Crippen LogP) is 1.72. The summed E-state index contributed by atoms with van der Waals surface area (Å²) < 4.78 is 0. The molecule has 1 unspecified atom stereocenters. The highest BCUT2D eigenvalue weighted by Gasteiger charge is 2.25. The van der Waals surface area contributed by atoms with Crippen LogP contribution in [0.15, 0.2) is 30.3 Å². The van der Waals surface area contributed by atoms with Crippen molar-refractivity contribution in [2.75, 3.05) is 34.4 Å². The maximum Gasteiger partial charge on any atom is 0.223 e. The quantitative estimate of drug-likeness (QED) is 0.654. The number of carbonyl (C=O) groups is 1. The zero-order chi connectivity index (χ0) is 17.8. The van der Waals surface area contributed by atoms with Crippen LogP contribution < -0.4 is 21.3 Å². The van der Waals surface area contributed by atoms with E-state index in [1.165, 1.54) is 6.92 Å². The van der Waals surface area contributed by atoms with Gasteiger partial charge in [-0.25, -0.2) is 0 Å². The Balaban J connectivity index is 1.77. The van der Waals surface area contributed by atoms with Crippen molar-refractivity contribution in [1.82, 2.24) is 9.97 Å². The number of rotatable bonds is 5. The summed E-state index contributed by atoms with van der Waals surface area (Å²) in [5.41, 5.74) is 7.39. The first-order chi connectivity index (χ1) is 12.0. The first-order valence-electron chi connectivity index (χ1n) is 8.22. The average molecular weight is 342 g/mol. The van der Waals surface area contributed by atoms with Gasteiger partial charge in [0.25, 0.3) is 0 Å². The number of nitrogens with zero attached hydrogens (tertiary/aromatic N) is 3. The van der Waals surface area contributed by atoms with Gasteiger partial charge in [0.05, 0.1) is 12.6 Å². The molecule has 0 radical (unpaired) electrons. The minimum atomic E-state index is -0.113. The predicted molar refractivity (Wildman–Crippen MR) is 97.9 cm³/mol. The highest BCUT2D eigenvalue weighted by molar-refractivity contribution is 5.88. The Hall–Kier alpha value is -2.87. The molecule has 1 aliphatic heterocycles. The molecule has 1 atom stereocenters. The van der Waals surface area contributed by atoms with Gasteiger partial charge < -0.3 is 26.4 Å². The maximum absolute atomic E-state index is 11.1. The monoisotopic (exact) mass is 342 g/mol. The molecule has 25 heavy (non-hydrogen) atoms. The lowest BCUT2D eigenvalue weighted by molar-refractivity contribution is -0.114. The van der Waals surface area contributed by atoms with Crippen molar-refractivity contribution in [3.05, 3.63) is 30.3 Å². The summed E-state index contributed by atoms with van der Waals surface area (Å²) in [4.78, 5) is 21.6. The summed E-state index contributed by atoms with van der Waals surface area (Å²) in [5, 5.41) is 15.4. The Kier molecular flexibility index (Phi) is 4.99. The third-order valence-electron chi connectivity index (χ3n) is 4.09. The third kappa shape index (κ3) is 4.16. The molecule has 2 aromatic rings. The molecule has 3 rings (SSSR count). The summed E-state index contributed by atoms with van der Waals surface area (Å²) in [6.45, 7) is 2.40. The largest absolute Gasteiger partial charge is 0.394 e. The van der Waals surface area contributed by atoms with Crippen molar-refractivity contribution in [2.24, 2.45) is 0 Å². The van der Waals surface area contributed by atoms with E-state index in [0.29, 0.717) is 11.6 Å². The van der Waals surface area contributed by atoms with Gasteiger partial charge in [-0.1, -0.05) is 0 Å². The van der Waals surface area contributed by atoms with E-state index in [1.54, 1.807) is 12.1 Å². The molecule has 1 aromatic carbocycles. The Morgan fingerprint density at radius 3 is 2.72 bits per heavy atom. The molecule has 1 fully saturated rings. The molecule has 0 saturated carbocycles. The molecule has 1 saturated heterocycles. The topological polar surface area (TPSA) is 116 Å². The van der Waals surface area contributed by atoms with E-state index < -0.39 is 0 Å². The molecule has 8 nitrogen and oxygen atoms in total. The highest BCUT2D eigenvalue weighted by Crippen LogP contribution is 2.27. The summed E-state index contributed by atoms with van der Waals surface area (Å²) in [6, 6.07) is 9.19. The first-order valence-corrected chi connectivity index (χ1v) is 8.22. The summed E-state index contributed by atoms with van der Waals surface area (Å²) in [7, 11) is 0. The molecule has 2 heterocycles. The maximum atomic E-state index is 11.1. The van der Waals surface area contributed by atoms with Gasteiger partial charge in [-0.05, 0) is 37.1 Å². The van der Waals surface area contributed by atoms with E-state index >= 15 is 0 Å². The van der Waals surface area contributed by atoms with Gasteiger partial charge in [-0.3, -0.25) is 4.79 Å². The number of nitrogens with one attached hydrogen (secondary N) is 2. The number of aliphatic hydroxyl groups is 1. The van der Waals surface area contributed by atoms with Crippen LogP contribution in [0.3, 0.4) is 0 Å². The lowest BCUT2D eigenvalue weighted by Gasteiger charge is -2.24. The minimum absolute atomic E-state index is 0.0686. The molecule has 1 aliphatic rings. The standard InChI is InChI=1S/C17H22N6O2/c1-11(25)19-12-4-6-13(7-5-12)20-15-9-16(22-17(18)21-15)23-8-2-3-14(23)10-24/h4-7,9,14,24H,2-3,8,10H2,1H3,(H,19,25)(H3,18,20,21,22). The van der Waals surface area contributed by atoms with Crippen molar-refractivity contribution in [1.29, 1.82) is 0 Å². The zero-order valence-corrected chi connectivity index (χ0v) is 14.1. The van der Waals surface area contributed by atoms with Crippen LogP contribution in [0.1, 0.15) is 19.8 Å². The molecule has 5 N–H and O–H groups in total. The second-order valence-electron chi connectivity index (χ2n) is 6.03. The normalized spacial score (nSPS) is 16.7. The molecule has 1 aromatic heterocycles. The second-order valence-corrected chi connectivity index (χ2v) is 6.03. The molecule has 1 amide bonds. The number of anilines is 5. The number of benzene rings is 1. The van der Waals surface area contributed by atoms with Gasteiger partial charge in [0.15, 0.2) is 0 Å². The number of hydrogen-bond donors (Lipinski definition) is 4. The number of carbonyl (C=O) groups excluding carboxylic acids is 1. The van der Waals surface area contributed by atoms with Gasteiger partial charge in [0.2, 0.25) is 11.9 Å². The molecule has 0 bridgehead atoms.